The van der Waals surface area contributed by atoms with Crippen molar-refractivity contribution in [2.24, 2.45) is 0 Å². The predicted octanol–water partition coefficient (Wildman–Crippen LogP) is 1.79. The summed E-state index contributed by atoms with van der Waals surface area (Å²) in [5.41, 5.74) is 2.92. The summed E-state index contributed by atoms with van der Waals surface area (Å²) < 4.78 is 4.56. The van der Waals surface area contributed by atoms with Gasteiger partial charge >= 0.3 is 0 Å². The second-order valence-corrected chi connectivity index (χ2v) is 2.44. The highest BCUT2D eigenvalue weighted by Crippen LogP contribution is 2.11. The Kier molecular flexibility index (Phi) is 1.35. The molecule has 1 heterocycles. The third kappa shape index (κ3) is 0.981. The molecule has 2 aromatic rings. The summed E-state index contributed by atoms with van der Waals surface area (Å²) in [4.78, 5) is 0. The van der Waals surface area contributed by atoms with Crippen LogP contribution in [0.4, 0.5) is 0 Å². The molecule has 0 aliphatic rings. The van der Waals surface area contributed by atoms with Gasteiger partial charge in [0, 0.05) is 0 Å². The number of rotatable bonds is 1. The van der Waals surface area contributed by atoms with Gasteiger partial charge < -0.3 is 0 Å². The van der Waals surface area contributed by atoms with Gasteiger partial charge in [0.2, 0.25) is 0 Å². The van der Waals surface area contributed by atoms with Crippen molar-refractivity contribution in [1.82, 2.24) is 10.3 Å². The first kappa shape index (κ1) is 6.34. The molecule has 0 saturated carbocycles. The molecule has 0 aliphatic carbocycles. The molecule has 0 aliphatic heterocycles. The van der Waals surface area contributed by atoms with Gasteiger partial charge in [0.1, 0.15) is 11.0 Å². The van der Waals surface area contributed by atoms with Crippen molar-refractivity contribution < 1.29 is 4.63 Å². The lowest BCUT2D eigenvalue weighted by Crippen LogP contribution is -1.78. The van der Waals surface area contributed by atoms with Gasteiger partial charge in [0.05, 0.1) is 0 Å². The Balaban J connectivity index is 2.67. The van der Waals surface area contributed by atoms with E-state index < -0.39 is 0 Å². The van der Waals surface area contributed by atoms with Crippen molar-refractivity contribution in [2.75, 3.05) is 0 Å². The molecule has 0 N–H and O–H groups in total. The molecule has 56 valence electrons. The van der Waals surface area contributed by atoms with Gasteiger partial charge in [-0.3, -0.25) is 0 Å². The van der Waals surface area contributed by atoms with Crippen LogP contribution in [0.15, 0.2) is 22.8 Å². The Morgan fingerprint density at radius 1 is 1.27 bits per heavy atom. The molecule has 0 radical (unpaired) electrons. The van der Waals surface area contributed by atoms with E-state index in [2.05, 4.69) is 21.9 Å². The van der Waals surface area contributed by atoms with Crippen LogP contribution in [0.2, 0.25) is 0 Å². The summed E-state index contributed by atoms with van der Waals surface area (Å²) in [5.74, 6) is 0. The largest absolute Gasteiger partial charge is 0.243 e. The maximum Gasteiger partial charge on any atom is 0.135 e. The van der Waals surface area contributed by atoms with Gasteiger partial charge in [-0.15, -0.1) is 0 Å². The minimum atomic E-state index is 0.821. The maximum atomic E-state index is 4.56. The number of benzene rings is 1. The number of aryl methyl sites for hydroxylation is 1. The van der Waals surface area contributed by atoms with Crippen molar-refractivity contribution in [3.8, 4) is 0 Å². The highest BCUT2D eigenvalue weighted by Gasteiger charge is 1.98. The van der Waals surface area contributed by atoms with Crippen molar-refractivity contribution in [2.45, 2.75) is 13.3 Å². The fraction of sp³-hybridized carbons (Fsp3) is 0.250. The Morgan fingerprint density at radius 3 is 2.91 bits per heavy atom. The number of fused-ring (bicyclic) bond motifs is 1. The minimum Gasteiger partial charge on any atom is -0.243 e. The van der Waals surface area contributed by atoms with Crippen LogP contribution in [0.3, 0.4) is 0 Å². The molecule has 0 unspecified atom stereocenters. The van der Waals surface area contributed by atoms with Gasteiger partial charge in [0.25, 0.3) is 0 Å². The van der Waals surface area contributed by atoms with E-state index >= 15 is 0 Å². The van der Waals surface area contributed by atoms with Crippen LogP contribution in [0.1, 0.15) is 12.5 Å². The number of hydrogen-bond donors (Lipinski definition) is 0. The number of hydrogen-bond acceptors (Lipinski definition) is 3. The molecule has 1 aromatic heterocycles. The standard InChI is InChI=1S/C8H8N2O/c1-2-6-3-4-7-8(5-6)10-11-9-7/h3-5H,2H2,1H3. The zero-order chi connectivity index (χ0) is 7.68. The molecular formula is C8H8N2O. The maximum absolute atomic E-state index is 4.56. The van der Waals surface area contributed by atoms with E-state index in [9.17, 15) is 0 Å². The lowest BCUT2D eigenvalue weighted by Gasteiger charge is -1.91. The van der Waals surface area contributed by atoms with Crippen LogP contribution >= 0.6 is 0 Å². The Hall–Kier alpha value is -1.38. The third-order valence-corrected chi connectivity index (χ3v) is 1.73. The van der Waals surface area contributed by atoms with Crippen molar-refractivity contribution in [3.05, 3.63) is 23.8 Å². The highest BCUT2D eigenvalue weighted by molar-refractivity contribution is 5.73. The Morgan fingerprint density at radius 2 is 2.09 bits per heavy atom. The van der Waals surface area contributed by atoms with Gasteiger partial charge in [-0.05, 0) is 34.4 Å². The van der Waals surface area contributed by atoms with Crippen LogP contribution in [0.25, 0.3) is 11.0 Å². The topological polar surface area (TPSA) is 38.9 Å². The lowest BCUT2D eigenvalue weighted by molar-refractivity contribution is 0.315. The minimum absolute atomic E-state index is 0.821. The van der Waals surface area contributed by atoms with E-state index in [-0.39, 0.29) is 0 Å². The molecule has 3 nitrogen and oxygen atoms in total. The SMILES string of the molecule is CCc1ccc2nonc2c1. The van der Waals surface area contributed by atoms with Crippen LogP contribution in [-0.2, 0) is 6.42 Å². The smallest absolute Gasteiger partial charge is 0.135 e. The fourth-order valence-electron chi connectivity index (χ4n) is 1.05. The van der Waals surface area contributed by atoms with Crippen molar-refractivity contribution >= 4 is 11.0 Å². The predicted molar refractivity (Wildman–Crippen MR) is 41.2 cm³/mol. The van der Waals surface area contributed by atoms with Crippen LogP contribution in [0, 0.1) is 0 Å². The summed E-state index contributed by atoms with van der Waals surface area (Å²) in [6.07, 6.45) is 1.02. The Labute approximate surface area is 64.0 Å². The first-order valence-corrected chi connectivity index (χ1v) is 3.61. The van der Waals surface area contributed by atoms with Crippen molar-refractivity contribution in [3.63, 3.8) is 0 Å². The van der Waals surface area contributed by atoms with E-state index in [0.717, 1.165) is 17.5 Å². The molecule has 0 saturated heterocycles. The lowest BCUT2D eigenvalue weighted by atomic mass is 10.1. The highest BCUT2D eigenvalue weighted by atomic mass is 16.6. The first-order valence-electron chi connectivity index (χ1n) is 3.61. The average molecular weight is 148 g/mol. The van der Waals surface area contributed by atoms with Crippen LogP contribution in [0.5, 0.6) is 0 Å². The zero-order valence-electron chi connectivity index (χ0n) is 6.24. The second-order valence-electron chi connectivity index (χ2n) is 2.44. The second kappa shape index (κ2) is 2.34. The molecule has 3 heteroatoms. The third-order valence-electron chi connectivity index (χ3n) is 1.73. The van der Waals surface area contributed by atoms with Gasteiger partial charge in [-0.1, -0.05) is 13.0 Å². The van der Waals surface area contributed by atoms with Crippen molar-refractivity contribution in [1.29, 1.82) is 0 Å². The quantitative estimate of drug-likeness (QED) is 0.618. The molecule has 2 rings (SSSR count). The summed E-state index contributed by atoms with van der Waals surface area (Å²) in [5, 5.41) is 7.45. The average Bonchev–Trinajstić information content (AvgIpc) is 2.50. The molecule has 1 aromatic carbocycles. The van der Waals surface area contributed by atoms with E-state index in [4.69, 9.17) is 0 Å². The molecule has 0 bridgehead atoms. The zero-order valence-corrected chi connectivity index (χ0v) is 6.24. The van der Waals surface area contributed by atoms with Crippen LogP contribution in [-0.4, -0.2) is 10.3 Å². The van der Waals surface area contributed by atoms with Gasteiger partial charge in [-0.25, -0.2) is 4.63 Å². The summed E-state index contributed by atoms with van der Waals surface area (Å²) in [6.45, 7) is 2.11. The van der Waals surface area contributed by atoms with E-state index in [1.54, 1.807) is 0 Å². The molecule has 0 amide bonds. The van der Waals surface area contributed by atoms with Gasteiger partial charge in [-0.2, -0.15) is 0 Å². The summed E-state index contributed by atoms with van der Waals surface area (Å²) in [6, 6.07) is 5.95. The summed E-state index contributed by atoms with van der Waals surface area (Å²) in [7, 11) is 0. The van der Waals surface area contributed by atoms with Gasteiger partial charge in [0.15, 0.2) is 0 Å². The first-order chi connectivity index (χ1) is 5.40. The molecule has 11 heavy (non-hydrogen) atoms. The molecular weight excluding hydrogens is 140 g/mol. The summed E-state index contributed by atoms with van der Waals surface area (Å²) >= 11 is 0. The fourth-order valence-corrected chi connectivity index (χ4v) is 1.05. The normalized spacial score (nSPS) is 10.6. The van der Waals surface area contributed by atoms with E-state index in [0.29, 0.717) is 0 Å². The molecule has 0 fully saturated rings. The molecule has 0 spiro atoms. The number of aromatic nitrogens is 2. The van der Waals surface area contributed by atoms with E-state index in [1.165, 1.54) is 5.56 Å². The molecule has 0 atom stereocenters. The monoisotopic (exact) mass is 148 g/mol. The van der Waals surface area contributed by atoms with Crippen LogP contribution < -0.4 is 0 Å². The number of nitrogens with zero attached hydrogens (tertiary/aromatic N) is 2. The van der Waals surface area contributed by atoms with E-state index in [1.807, 2.05) is 18.2 Å². The Bertz CT molecular complexity index is 367.